The van der Waals surface area contributed by atoms with Crippen LogP contribution < -0.4 is 0 Å². The molecule has 1 radical (unpaired) electrons. The van der Waals surface area contributed by atoms with Crippen LogP contribution in [0.25, 0.3) is 94.5 Å². The normalized spacial score (nSPS) is 11.9. The molecule has 0 bridgehead atoms. The summed E-state index contributed by atoms with van der Waals surface area (Å²) in [5.74, 6) is 0.788. The van der Waals surface area contributed by atoms with Crippen LogP contribution >= 0.6 is 0 Å². The van der Waals surface area contributed by atoms with Gasteiger partial charge in [0.2, 0.25) is 0 Å². The fraction of sp³-hybridized carbons (Fsp3) is 0.0182. The standard InChI is InChI=1S/C43H27N2O.C12H10N.Ir/c1-3-13-30(14-4-1)35-21-12-22-36(31-15-5-2-6-16-31)42(35)45-40-24-10-9-23-39(40)44-43(45)38-28-46-41-26-25-32(27-37(38)41)34-20-11-18-29-17-7-8-19-33(29)34;1-10-7-8-12(13-9-10)11-5-3-2-4-6-11;/h1-27H;2-5,7-9H,1H3;/q2*-1;/i;1D3;. The molecule has 4 nitrogen and oxygen atoms in total. The predicted octanol–water partition coefficient (Wildman–Crippen LogP) is 14.2. The molecule has 3 aromatic heterocycles. The number of nitrogens with zero attached hydrogens (tertiary/aromatic N) is 3. The van der Waals surface area contributed by atoms with Crippen molar-refractivity contribution >= 4 is 32.8 Å². The molecule has 3 heterocycles. The van der Waals surface area contributed by atoms with E-state index in [1.807, 2.05) is 30.3 Å². The molecule has 0 aliphatic carbocycles. The Morgan fingerprint density at radius 1 is 0.583 bits per heavy atom. The molecule has 0 aliphatic heterocycles. The summed E-state index contributed by atoms with van der Waals surface area (Å²) in [6, 6.07) is 71.2. The molecule has 0 N–H and O–H groups in total. The quantitative estimate of drug-likeness (QED) is 0.156. The zero-order chi connectivity index (χ0) is 42.0. The Bertz CT molecular complexity index is 3270. The van der Waals surface area contributed by atoms with Crippen molar-refractivity contribution in [2.75, 3.05) is 0 Å². The smallest absolute Gasteiger partial charge is 0.0774 e. The van der Waals surface area contributed by atoms with Gasteiger partial charge >= 0.3 is 0 Å². The van der Waals surface area contributed by atoms with E-state index in [9.17, 15) is 0 Å². The Kier molecular flexibility index (Phi) is 9.85. The van der Waals surface area contributed by atoms with Gasteiger partial charge < -0.3 is 14.0 Å². The largest absolute Gasteiger partial charge is 0.557 e. The van der Waals surface area contributed by atoms with Crippen molar-refractivity contribution in [2.24, 2.45) is 0 Å². The molecule has 289 valence electrons. The van der Waals surface area contributed by atoms with Gasteiger partial charge in [-0.2, -0.15) is 0 Å². The molecule has 60 heavy (non-hydrogen) atoms. The number of hydrogen-bond acceptors (Lipinski definition) is 3. The second-order valence-corrected chi connectivity index (χ2v) is 14.2. The predicted molar refractivity (Wildman–Crippen MR) is 242 cm³/mol. The minimum atomic E-state index is -2.09. The first-order valence-electron chi connectivity index (χ1n) is 21.0. The molecule has 0 unspecified atom stereocenters. The van der Waals surface area contributed by atoms with Crippen molar-refractivity contribution in [2.45, 2.75) is 6.85 Å². The zero-order valence-corrected chi connectivity index (χ0v) is 34.6. The van der Waals surface area contributed by atoms with Crippen molar-refractivity contribution in [3.8, 4) is 61.7 Å². The van der Waals surface area contributed by atoms with E-state index in [0.29, 0.717) is 0 Å². The van der Waals surface area contributed by atoms with Gasteiger partial charge in [-0.25, -0.2) is 0 Å². The molecule has 0 fully saturated rings. The molecule has 0 amide bonds. The summed E-state index contributed by atoms with van der Waals surface area (Å²) in [4.78, 5) is 9.40. The van der Waals surface area contributed by atoms with Crippen molar-refractivity contribution in [3.05, 3.63) is 224 Å². The molecule has 8 aromatic carbocycles. The van der Waals surface area contributed by atoms with Crippen LogP contribution in [-0.4, -0.2) is 14.5 Å². The van der Waals surface area contributed by atoms with Gasteiger partial charge in [0.05, 0.1) is 22.5 Å². The molecule has 11 rings (SSSR count). The van der Waals surface area contributed by atoms with E-state index in [-0.39, 0.29) is 25.7 Å². The third kappa shape index (κ3) is 7.37. The average molecular weight is 951 g/mol. The first-order chi connectivity index (χ1) is 30.4. The molecule has 0 saturated heterocycles. The Balaban J connectivity index is 0.000000251. The molecule has 0 saturated carbocycles. The van der Waals surface area contributed by atoms with E-state index < -0.39 is 6.85 Å². The van der Waals surface area contributed by atoms with Crippen LogP contribution in [0.3, 0.4) is 0 Å². The third-order valence-corrected chi connectivity index (χ3v) is 10.6. The van der Waals surface area contributed by atoms with Crippen molar-refractivity contribution in [1.29, 1.82) is 0 Å². The maximum Gasteiger partial charge on any atom is 0.0774 e. The van der Waals surface area contributed by atoms with Gasteiger partial charge in [0.15, 0.2) is 0 Å². The summed E-state index contributed by atoms with van der Waals surface area (Å²) in [7, 11) is 0. The van der Waals surface area contributed by atoms with Crippen molar-refractivity contribution < 1.29 is 28.6 Å². The van der Waals surface area contributed by atoms with Gasteiger partial charge in [-0.05, 0) is 63.3 Å². The van der Waals surface area contributed by atoms with Crippen LogP contribution in [0.4, 0.5) is 0 Å². The molecular weight excluding hydrogens is 911 g/mol. The third-order valence-electron chi connectivity index (χ3n) is 10.6. The van der Waals surface area contributed by atoms with Crippen LogP contribution in [0.5, 0.6) is 0 Å². The van der Waals surface area contributed by atoms with Gasteiger partial charge in [0, 0.05) is 53.4 Å². The van der Waals surface area contributed by atoms with E-state index in [0.717, 1.165) is 78.2 Å². The minimum absolute atomic E-state index is 0. The first kappa shape index (κ1) is 34.8. The summed E-state index contributed by atoms with van der Waals surface area (Å²) in [6.07, 6.45) is 4.67. The van der Waals surface area contributed by atoms with Gasteiger partial charge in [-0.1, -0.05) is 175 Å². The Morgan fingerprint density at radius 2 is 1.27 bits per heavy atom. The number of furan rings is 1. The van der Waals surface area contributed by atoms with Crippen molar-refractivity contribution in [3.63, 3.8) is 0 Å². The van der Waals surface area contributed by atoms with E-state index in [2.05, 4.69) is 174 Å². The number of aryl methyl sites for hydroxylation is 1. The Morgan fingerprint density at radius 3 is 2.00 bits per heavy atom. The molecule has 5 heteroatoms. The molecule has 0 atom stereocenters. The fourth-order valence-electron chi connectivity index (χ4n) is 7.80. The number of hydrogen-bond donors (Lipinski definition) is 0. The summed E-state index contributed by atoms with van der Waals surface area (Å²) in [5.41, 5.74) is 13.3. The van der Waals surface area contributed by atoms with Gasteiger partial charge in [-0.3, -0.25) is 4.98 Å². The number of aromatic nitrogens is 3. The van der Waals surface area contributed by atoms with E-state index in [1.54, 1.807) is 18.2 Å². The fourth-order valence-corrected chi connectivity index (χ4v) is 7.80. The average Bonchev–Trinajstić information content (AvgIpc) is 3.93. The van der Waals surface area contributed by atoms with Crippen LogP contribution in [0.15, 0.2) is 211 Å². The summed E-state index contributed by atoms with van der Waals surface area (Å²) in [6.45, 7) is -2.09. The number of benzene rings is 8. The summed E-state index contributed by atoms with van der Waals surface area (Å²) < 4.78 is 30.1. The number of fused-ring (bicyclic) bond motifs is 3. The number of imidazole rings is 1. The van der Waals surface area contributed by atoms with Gasteiger partial charge in [0.25, 0.3) is 0 Å². The van der Waals surface area contributed by atoms with E-state index >= 15 is 0 Å². The van der Waals surface area contributed by atoms with Crippen LogP contribution in [0.1, 0.15) is 9.68 Å². The van der Waals surface area contributed by atoms with E-state index in [1.165, 1.54) is 22.5 Å². The monoisotopic (exact) mass is 951 g/mol. The Hall–Kier alpha value is -7.17. The molecule has 11 aromatic rings. The maximum absolute atomic E-state index is 7.23. The van der Waals surface area contributed by atoms with Gasteiger partial charge in [-0.15, -0.1) is 35.9 Å². The van der Waals surface area contributed by atoms with Crippen LogP contribution in [0, 0.1) is 19.2 Å². The Labute approximate surface area is 367 Å². The maximum atomic E-state index is 7.23. The second-order valence-electron chi connectivity index (χ2n) is 14.2. The molecule has 0 spiro atoms. The van der Waals surface area contributed by atoms with Gasteiger partial charge in [0.1, 0.15) is 0 Å². The summed E-state index contributed by atoms with van der Waals surface area (Å²) in [5, 5.41) is 3.40. The molecular formula is C55H37IrN3O-2. The van der Waals surface area contributed by atoms with Crippen LogP contribution in [-0.2, 0) is 20.1 Å². The molecule has 0 aliphatic rings. The van der Waals surface area contributed by atoms with Crippen molar-refractivity contribution in [1.82, 2.24) is 14.5 Å². The second kappa shape index (κ2) is 17.0. The number of pyridine rings is 1. The topological polar surface area (TPSA) is 43.9 Å². The zero-order valence-electron chi connectivity index (χ0n) is 35.2. The minimum Gasteiger partial charge on any atom is -0.557 e. The first-order valence-corrected chi connectivity index (χ1v) is 19.5. The SMILES string of the molecule is [2H]C([2H])([2H])c1ccc(-c2[c-]cccc2)nc1.[Ir].[c-]1oc2ccc(-c3cccc4ccccc34)cc2c1-c1nc2ccccc2n1-c1c(-c2ccccc2)cccc1-c1ccccc1. The number of para-hydroxylation sites is 3. The van der Waals surface area contributed by atoms with E-state index in [4.69, 9.17) is 13.5 Å². The van der Waals surface area contributed by atoms with Crippen LogP contribution in [0.2, 0.25) is 0 Å². The number of rotatable bonds is 6. The summed E-state index contributed by atoms with van der Waals surface area (Å²) >= 11 is 0.